The van der Waals surface area contributed by atoms with E-state index in [1.807, 2.05) is 0 Å². The molecule has 82 valence electrons. The smallest absolute Gasteiger partial charge is 0.0752 e. The van der Waals surface area contributed by atoms with Gasteiger partial charge in [-0.15, -0.1) is 9.24 Å². The predicted octanol–water partition coefficient (Wildman–Crippen LogP) is 2.99. The molecule has 5 atom stereocenters. The van der Waals surface area contributed by atoms with Crippen molar-refractivity contribution in [3.05, 3.63) is 11.6 Å². The van der Waals surface area contributed by atoms with E-state index in [1.54, 1.807) is 0 Å². The predicted molar refractivity (Wildman–Crippen MR) is 65.4 cm³/mol. The van der Waals surface area contributed by atoms with Gasteiger partial charge in [-0.1, -0.05) is 38.8 Å². The van der Waals surface area contributed by atoms with Crippen LogP contribution in [0.3, 0.4) is 0 Å². The molecule has 1 nitrogen and oxygen atoms in total. The molecule has 0 aromatic rings. The van der Waals surface area contributed by atoms with Crippen LogP contribution in [-0.4, -0.2) is 16.9 Å². The van der Waals surface area contributed by atoms with E-state index < -0.39 is 0 Å². The van der Waals surface area contributed by atoms with Crippen molar-refractivity contribution < 1.29 is 5.11 Å². The number of aliphatic hydroxyl groups excluding tert-OH is 1. The topological polar surface area (TPSA) is 20.2 Å². The third-order valence-corrected chi connectivity index (χ3v) is 4.60. The van der Waals surface area contributed by atoms with Crippen molar-refractivity contribution in [3.63, 3.8) is 0 Å². The maximum Gasteiger partial charge on any atom is 0.0752 e. The van der Waals surface area contributed by atoms with E-state index in [0.717, 1.165) is 6.42 Å². The van der Waals surface area contributed by atoms with Crippen molar-refractivity contribution in [3.8, 4) is 0 Å². The van der Waals surface area contributed by atoms with E-state index in [4.69, 9.17) is 0 Å². The standard InChI is InChI=1S/C12H23OP/c1-4-5-6-10-7-11(13)8(2)9(3)12(10)14/h7-9,11-13H,4-6,14H2,1-3H3. The first-order chi connectivity index (χ1) is 6.57. The summed E-state index contributed by atoms with van der Waals surface area (Å²) in [6.45, 7) is 6.59. The van der Waals surface area contributed by atoms with Crippen LogP contribution < -0.4 is 0 Å². The van der Waals surface area contributed by atoms with Crippen molar-refractivity contribution in [1.82, 2.24) is 0 Å². The molecule has 0 saturated heterocycles. The molecule has 5 unspecified atom stereocenters. The molecule has 0 saturated carbocycles. The molecular weight excluding hydrogens is 191 g/mol. The fraction of sp³-hybridized carbons (Fsp3) is 0.833. The summed E-state index contributed by atoms with van der Waals surface area (Å²) in [4.78, 5) is 0. The minimum absolute atomic E-state index is 0.228. The second-order valence-corrected chi connectivity index (χ2v) is 5.30. The molecule has 1 N–H and O–H groups in total. The van der Waals surface area contributed by atoms with Gasteiger partial charge in [-0.2, -0.15) is 0 Å². The van der Waals surface area contributed by atoms with Crippen LogP contribution in [0.15, 0.2) is 11.6 Å². The van der Waals surface area contributed by atoms with Gasteiger partial charge in [-0.25, -0.2) is 0 Å². The Morgan fingerprint density at radius 2 is 2.00 bits per heavy atom. The Kier molecular flexibility index (Phi) is 4.60. The summed E-state index contributed by atoms with van der Waals surface area (Å²) in [5.41, 5.74) is 2.01. The van der Waals surface area contributed by atoms with Crippen molar-refractivity contribution in [2.45, 2.75) is 51.8 Å². The van der Waals surface area contributed by atoms with E-state index in [2.05, 4.69) is 36.1 Å². The molecule has 14 heavy (non-hydrogen) atoms. The van der Waals surface area contributed by atoms with Gasteiger partial charge >= 0.3 is 0 Å². The first-order valence-electron chi connectivity index (χ1n) is 5.72. The zero-order chi connectivity index (χ0) is 10.7. The van der Waals surface area contributed by atoms with Gasteiger partial charge in [0.05, 0.1) is 6.10 Å². The maximum absolute atomic E-state index is 9.85. The molecular formula is C12H23OP. The highest BCUT2D eigenvalue weighted by Crippen LogP contribution is 2.36. The molecule has 0 radical (unpaired) electrons. The van der Waals surface area contributed by atoms with Crippen LogP contribution in [0, 0.1) is 11.8 Å². The lowest BCUT2D eigenvalue weighted by molar-refractivity contribution is 0.119. The molecule has 0 heterocycles. The molecule has 0 fully saturated rings. The fourth-order valence-corrected chi connectivity index (χ4v) is 2.72. The molecule has 0 aliphatic heterocycles. The van der Waals surface area contributed by atoms with Gasteiger partial charge in [0.1, 0.15) is 0 Å². The van der Waals surface area contributed by atoms with Crippen LogP contribution >= 0.6 is 9.24 Å². The van der Waals surface area contributed by atoms with Crippen LogP contribution in [0.5, 0.6) is 0 Å². The van der Waals surface area contributed by atoms with Crippen molar-refractivity contribution in [2.75, 3.05) is 0 Å². The third kappa shape index (κ3) is 2.58. The number of unbranched alkanes of at least 4 members (excludes halogenated alkanes) is 1. The van der Waals surface area contributed by atoms with Gasteiger partial charge in [-0.05, 0) is 30.3 Å². The monoisotopic (exact) mass is 214 g/mol. The Hall–Kier alpha value is 0.130. The molecule has 0 bridgehead atoms. The van der Waals surface area contributed by atoms with Gasteiger partial charge < -0.3 is 5.11 Å². The molecule has 2 heteroatoms. The second kappa shape index (κ2) is 5.28. The summed E-state index contributed by atoms with van der Waals surface area (Å²) in [6, 6.07) is 0. The zero-order valence-electron chi connectivity index (χ0n) is 9.53. The van der Waals surface area contributed by atoms with Gasteiger partial charge in [0.15, 0.2) is 0 Å². The normalized spacial score (nSPS) is 38.2. The Bertz CT molecular complexity index is 212. The first kappa shape index (κ1) is 12.2. The maximum atomic E-state index is 9.85. The SMILES string of the molecule is CCCCC1=CC(O)C(C)C(C)C1P. The summed E-state index contributed by atoms with van der Waals surface area (Å²) in [5, 5.41) is 9.85. The van der Waals surface area contributed by atoms with Crippen LogP contribution in [0.2, 0.25) is 0 Å². The van der Waals surface area contributed by atoms with Gasteiger partial charge in [0.2, 0.25) is 0 Å². The van der Waals surface area contributed by atoms with Crippen molar-refractivity contribution in [1.29, 1.82) is 0 Å². The first-order valence-corrected chi connectivity index (χ1v) is 6.38. The minimum Gasteiger partial charge on any atom is -0.389 e. The van der Waals surface area contributed by atoms with Crippen LogP contribution in [0.1, 0.15) is 40.0 Å². The highest BCUT2D eigenvalue weighted by molar-refractivity contribution is 7.18. The molecule has 1 aliphatic carbocycles. The number of aliphatic hydroxyl groups is 1. The summed E-state index contributed by atoms with van der Waals surface area (Å²) in [5.74, 6) is 0.967. The minimum atomic E-state index is -0.228. The average Bonchev–Trinajstić information content (AvgIpc) is 2.18. The zero-order valence-corrected chi connectivity index (χ0v) is 10.7. The Morgan fingerprint density at radius 3 is 2.57 bits per heavy atom. The quantitative estimate of drug-likeness (QED) is 0.565. The lowest BCUT2D eigenvalue weighted by Gasteiger charge is -2.35. The van der Waals surface area contributed by atoms with E-state index in [0.29, 0.717) is 17.5 Å². The van der Waals surface area contributed by atoms with Crippen LogP contribution in [0.25, 0.3) is 0 Å². The lowest BCUT2D eigenvalue weighted by Crippen LogP contribution is -2.34. The summed E-state index contributed by atoms with van der Waals surface area (Å²) >= 11 is 0. The van der Waals surface area contributed by atoms with E-state index in [9.17, 15) is 5.11 Å². The lowest BCUT2D eigenvalue weighted by atomic mass is 9.78. The molecule has 1 aliphatic rings. The van der Waals surface area contributed by atoms with E-state index in [1.165, 1.54) is 18.4 Å². The number of rotatable bonds is 3. The van der Waals surface area contributed by atoms with Crippen LogP contribution in [0.4, 0.5) is 0 Å². The fourth-order valence-electron chi connectivity index (χ4n) is 2.09. The Balaban J connectivity index is 2.68. The van der Waals surface area contributed by atoms with Crippen molar-refractivity contribution >= 4 is 9.24 Å². The summed E-state index contributed by atoms with van der Waals surface area (Å²) < 4.78 is 0. The summed E-state index contributed by atoms with van der Waals surface area (Å²) in [6.07, 6.45) is 5.48. The molecule has 1 rings (SSSR count). The van der Waals surface area contributed by atoms with Crippen molar-refractivity contribution in [2.24, 2.45) is 11.8 Å². The number of hydrogen-bond donors (Lipinski definition) is 1. The Morgan fingerprint density at radius 1 is 1.36 bits per heavy atom. The third-order valence-electron chi connectivity index (χ3n) is 3.57. The largest absolute Gasteiger partial charge is 0.389 e. The summed E-state index contributed by atoms with van der Waals surface area (Å²) in [7, 11) is 2.94. The van der Waals surface area contributed by atoms with Gasteiger partial charge in [0, 0.05) is 0 Å². The van der Waals surface area contributed by atoms with E-state index >= 15 is 0 Å². The van der Waals surface area contributed by atoms with Gasteiger partial charge in [-0.3, -0.25) is 0 Å². The second-order valence-electron chi connectivity index (χ2n) is 4.58. The highest BCUT2D eigenvalue weighted by atomic mass is 31.0. The molecule has 0 aromatic carbocycles. The number of allylic oxidation sites excluding steroid dienone is 1. The molecule has 0 spiro atoms. The average molecular weight is 214 g/mol. The molecule has 0 amide bonds. The van der Waals surface area contributed by atoms with E-state index in [-0.39, 0.29) is 6.10 Å². The highest BCUT2D eigenvalue weighted by Gasteiger charge is 2.30. The molecule has 0 aromatic heterocycles. The van der Waals surface area contributed by atoms with Gasteiger partial charge in [0.25, 0.3) is 0 Å². The van der Waals surface area contributed by atoms with Crippen LogP contribution in [-0.2, 0) is 0 Å². The number of hydrogen-bond acceptors (Lipinski definition) is 1. The Labute approximate surface area is 90.2 Å².